The van der Waals surface area contributed by atoms with E-state index < -0.39 is 0 Å². The minimum atomic E-state index is 0.0905. The Balaban J connectivity index is 2.56. The molecule has 3 nitrogen and oxygen atoms in total. The predicted molar refractivity (Wildman–Crippen MR) is 58.2 cm³/mol. The highest BCUT2D eigenvalue weighted by Gasteiger charge is 2.10. The fourth-order valence-corrected chi connectivity index (χ4v) is 1.61. The SMILES string of the molecule is CCCCCC(=O)c1ncncc1Br. The molecule has 1 rings (SSSR count). The molecule has 0 unspecified atom stereocenters. The van der Waals surface area contributed by atoms with Gasteiger partial charge in [0.25, 0.3) is 0 Å². The van der Waals surface area contributed by atoms with Crippen LogP contribution in [0, 0.1) is 0 Å². The maximum atomic E-state index is 11.6. The molecule has 0 bridgehead atoms. The molecule has 1 aromatic rings. The van der Waals surface area contributed by atoms with E-state index in [1.165, 1.54) is 6.33 Å². The number of hydrogen-bond acceptors (Lipinski definition) is 3. The average molecular weight is 257 g/mol. The Labute approximate surface area is 92.1 Å². The zero-order valence-corrected chi connectivity index (χ0v) is 9.75. The standard InChI is InChI=1S/C10H13BrN2O/c1-2-3-4-5-9(14)10-8(11)6-12-7-13-10/h6-7H,2-5H2,1H3. The molecule has 0 aliphatic rings. The van der Waals surface area contributed by atoms with E-state index >= 15 is 0 Å². The van der Waals surface area contributed by atoms with Gasteiger partial charge in [0, 0.05) is 12.6 Å². The van der Waals surface area contributed by atoms with Crippen molar-refractivity contribution in [3.8, 4) is 0 Å². The molecular weight excluding hydrogens is 244 g/mol. The third-order valence-electron chi connectivity index (χ3n) is 1.94. The zero-order valence-electron chi connectivity index (χ0n) is 8.16. The molecule has 0 atom stereocenters. The number of unbranched alkanes of at least 4 members (excludes halogenated alkanes) is 2. The van der Waals surface area contributed by atoms with Gasteiger partial charge in [-0.25, -0.2) is 9.97 Å². The minimum absolute atomic E-state index is 0.0905. The van der Waals surface area contributed by atoms with Gasteiger partial charge in [-0.1, -0.05) is 19.8 Å². The van der Waals surface area contributed by atoms with Crippen molar-refractivity contribution < 1.29 is 4.79 Å². The van der Waals surface area contributed by atoms with E-state index in [2.05, 4.69) is 32.8 Å². The van der Waals surface area contributed by atoms with Crippen molar-refractivity contribution >= 4 is 21.7 Å². The van der Waals surface area contributed by atoms with Gasteiger partial charge in [-0.05, 0) is 22.4 Å². The van der Waals surface area contributed by atoms with E-state index in [1.807, 2.05) is 0 Å². The summed E-state index contributed by atoms with van der Waals surface area (Å²) < 4.78 is 0.682. The first-order valence-electron chi connectivity index (χ1n) is 4.74. The lowest BCUT2D eigenvalue weighted by molar-refractivity contribution is 0.0973. The molecule has 1 heterocycles. The van der Waals surface area contributed by atoms with Crippen LogP contribution in [-0.2, 0) is 0 Å². The lowest BCUT2D eigenvalue weighted by atomic mass is 10.1. The molecule has 0 aromatic carbocycles. The molecular formula is C10H13BrN2O. The summed E-state index contributed by atoms with van der Waals surface area (Å²) in [5.41, 5.74) is 0.496. The van der Waals surface area contributed by atoms with Gasteiger partial charge in [0.15, 0.2) is 5.78 Å². The van der Waals surface area contributed by atoms with Crippen molar-refractivity contribution in [3.05, 3.63) is 22.7 Å². The van der Waals surface area contributed by atoms with Crippen LogP contribution in [0.15, 0.2) is 17.0 Å². The van der Waals surface area contributed by atoms with E-state index in [-0.39, 0.29) is 5.78 Å². The second kappa shape index (κ2) is 5.86. The molecule has 0 radical (unpaired) electrons. The second-order valence-electron chi connectivity index (χ2n) is 3.10. The summed E-state index contributed by atoms with van der Waals surface area (Å²) in [4.78, 5) is 19.4. The van der Waals surface area contributed by atoms with Gasteiger partial charge < -0.3 is 0 Å². The Morgan fingerprint density at radius 2 is 2.29 bits per heavy atom. The zero-order chi connectivity index (χ0) is 10.4. The Hall–Kier alpha value is -0.770. The number of hydrogen-bond donors (Lipinski definition) is 0. The van der Waals surface area contributed by atoms with Crippen molar-refractivity contribution in [3.63, 3.8) is 0 Å². The summed E-state index contributed by atoms with van der Waals surface area (Å²) in [6.07, 6.45) is 6.72. The van der Waals surface area contributed by atoms with Crippen molar-refractivity contribution in [1.82, 2.24) is 9.97 Å². The molecule has 0 aliphatic heterocycles. The lowest BCUT2D eigenvalue weighted by Gasteiger charge is -2.00. The van der Waals surface area contributed by atoms with Crippen molar-refractivity contribution in [2.45, 2.75) is 32.6 Å². The van der Waals surface area contributed by atoms with E-state index in [1.54, 1.807) is 6.20 Å². The average Bonchev–Trinajstić information content (AvgIpc) is 2.18. The van der Waals surface area contributed by atoms with Crippen LogP contribution in [0.2, 0.25) is 0 Å². The fraction of sp³-hybridized carbons (Fsp3) is 0.500. The van der Waals surface area contributed by atoms with Crippen LogP contribution in [0.5, 0.6) is 0 Å². The second-order valence-corrected chi connectivity index (χ2v) is 3.95. The van der Waals surface area contributed by atoms with Gasteiger partial charge in [-0.2, -0.15) is 0 Å². The number of Topliss-reactive ketones (excluding diaryl/α,β-unsaturated/α-hetero) is 1. The van der Waals surface area contributed by atoms with Gasteiger partial charge in [0.05, 0.1) is 4.47 Å². The first-order valence-corrected chi connectivity index (χ1v) is 5.53. The van der Waals surface area contributed by atoms with Crippen LogP contribution in [-0.4, -0.2) is 15.8 Å². The summed E-state index contributed by atoms with van der Waals surface area (Å²) in [5, 5.41) is 0. The van der Waals surface area contributed by atoms with Crippen molar-refractivity contribution in [2.24, 2.45) is 0 Å². The highest BCUT2D eigenvalue weighted by Crippen LogP contribution is 2.15. The first-order chi connectivity index (χ1) is 6.75. The number of nitrogens with zero attached hydrogens (tertiary/aromatic N) is 2. The van der Waals surface area contributed by atoms with Crippen LogP contribution in [0.4, 0.5) is 0 Å². The number of rotatable bonds is 5. The molecule has 0 spiro atoms. The van der Waals surface area contributed by atoms with E-state index in [0.29, 0.717) is 16.6 Å². The molecule has 1 aromatic heterocycles. The molecule has 0 fully saturated rings. The van der Waals surface area contributed by atoms with Gasteiger partial charge in [0.1, 0.15) is 12.0 Å². The number of halogens is 1. The molecule has 0 aliphatic carbocycles. The number of aromatic nitrogens is 2. The maximum absolute atomic E-state index is 11.6. The monoisotopic (exact) mass is 256 g/mol. The molecule has 0 saturated carbocycles. The van der Waals surface area contributed by atoms with Gasteiger partial charge in [-0.3, -0.25) is 4.79 Å². The van der Waals surface area contributed by atoms with E-state index in [0.717, 1.165) is 19.3 Å². The smallest absolute Gasteiger partial charge is 0.182 e. The fourth-order valence-electron chi connectivity index (χ4n) is 1.17. The number of ketones is 1. The lowest BCUT2D eigenvalue weighted by Crippen LogP contribution is -2.03. The third kappa shape index (κ3) is 3.18. The Morgan fingerprint density at radius 1 is 1.50 bits per heavy atom. The molecule has 4 heteroatoms. The summed E-state index contributed by atoms with van der Waals surface area (Å²) in [5.74, 6) is 0.0905. The summed E-state index contributed by atoms with van der Waals surface area (Å²) in [6, 6.07) is 0. The maximum Gasteiger partial charge on any atom is 0.182 e. The molecule has 0 amide bonds. The normalized spacial score (nSPS) is 10.1. The van der Waals surface area contributed by atoms with Crippen LogP contribution in [0.3, 0.4) is 0 Å². The van der Waals surface area contributed by atoms with Gasteiger partial charge >= 0.3 is 0 Å². The first kappa shape index (κ1) is 11.3. The molecule has 76 valence electrons. The highest BCUT2D eigenvalue weighted by atomic mass is 79.9. The van der Waals surface area contributed by atoms with Crippen molar-refractivity contribution in [2.75, 3.05) is 0 Å². The number of carbonyl (C=O) groups excluding carboxylic acids is 1. The largest absolute Gasteiger partial charge is 0.292 e. The summed E-state index contributed by atoms with van der Waals surface area (Å²) in [7, 11) is 0. The quantitative estimate of drug-likeness (QED) is 0.601. The van der Waals surface area contributed by atoms with Crippen molar-refractivity contribution in [1.29, 1.82) is 0 Å². The van der Waals surface area contributed by atoms with Crippen LogP contribution in [0.1, 0.15) is 43.1 Å². The van der Waals surface area contributed by atoms with E-state index in [4.69, 9.17) is 0 Å². The molecule has 0 N–H and O–H groups in total. The topological polar surface area (TPSA) is 42.9 Å². The van der Waals surface area contributed by atoms with Gasteiger partial charge in [-0.15, -0.1) is 0 Å². The third-order valence-corrected chi connectivity index (χ3v) is 2.52. The molecule has 14 heavy (non-hydrogen) atoms. The molecule has 0 saturated heterocycles. The van der Waals surface area contributed by atoms with Gasteiger partial charge in [0.2, 0.25) is 0 Å². The Bertz CT molecular complexity index is 315. The predicted octanol–water partition coefficient (Wildman–Crippen LogP) is 3.00. The summed E-state index contributed by atoms with van der Waals surface area (Å²) in [6.45, 7) is 2.12. The Morgan fingerprint density at radius 3 is 2.93 bits per heavy atom. The Kier molecular flexibility index (Phi) is 4.73. The minimum Gasteiger partial charge on any atom is -0.292 e. The van der Waals surface area contributed by atoms with E-state index in [9.17, 15) is 4.79 Å². The summed E-state index contributed by atoms with van der Waals surface area (Å²) >= 11 is 3.26. The highest BCUT2D eigenvalue weighted by molar-refractivity contribution is 9.10. The number of carbonyl (C=O) groups is 1. The van der Waals surface area contributed by atoms with Crippen LogP contribution >= 0.6 is 15.9 Å². The van der Waals surface area contributed by atoms with Crippen LogP contribution < -0.4 is 0 Å². The van der Waals surface area contributed by atoms with Crippen LogP contribution in [0.25, 0.3) is 0 Å².